The molecule has 1 aromatic carbocycles. The number of nitrogens with one attached hydrogen (secondary N) is 1. The second kappa shape index (κ2) is 6.60. The Labute approximate surface area is 117 Å². The van der Waals surface area contributed by atoms with Crippen LogP contribution < -0.4 is 10.5 Å². The molecule has 0 amide bonds. The van der Waals surface area contributed by atoms with E-state index in [2.05, 4.69) is 4.72 Å². The van der Waals surface area contributed by atoms with E-state index in [-0.39, 0.29) is 11.4 Å². The normalized spacial score (nSPS) is 11.9. The molecule has 20 heavy (non-hydrogen) atoms. The molecule has 0 fully saturated rings. The van der Waals surface area contributed by atoms with Crippen molar-refractivity contribution in [3.05, 3.63) is 45.5 Å². The van der Waals surface area contributed by atoms with Crippen molar-refractivity contribution in [1.29, 1.82) is 0 Å². The number of benzene rings is 1. The van der Waals surface area contributed by atoms with Gasteiger partial charge in [-0.05, 0) is 31.0 Å². The average molecular weight is 299 g/mol. The van der Waals surface area contributed by atoms with Crippen molar-refractivity contribution >= 4 is 15.7 Å². The lowest BCUT2D eigenvalue weighted by molar-refractivity contribution is -0.387. The maximum absolute atomic E-state index is 12.1. The van der Waals surface area contributed by atoms with Gasteiger partial charge in [-0.3, -0.25) is 10.1 Å². The molecule has 8 heteroatoms. The van der Waals surface area contributed by atoms with Gasteiger partial charge in [-0.1, -0.05) is 12.2 Å². The fraction of sp³-hybridized carbons (Fsp3) is 0.333. The topological polar surface area (TPSA) is 115 Å². The zero-order valence-electron chi connectivity index (χ0n) is 11.3. The van der Waals surface area contributed by atoms with Gasteiger partial charge in [0.25, 0.3) is 5.69 Å². The molecule has 0 aliphatic heterocycles. The van der Waals surface area contributed by atoms with Crippen molar-refractivity contribution in [2.75, 3.05) is 13.1 Å². The number of sulfonamides is 1. The third-order valence-corrected chi connectivity index (χ3v) is 4.21. The van der Waals surface area contributed by atoms with Crippen LogP contribution >= 0.6 is 0 Å². The summed E-state index contributed by atoms with van der Waals surface area (Å²) >= 11 is 0. The summed E-state index contributed by atoms with van der Waals surface area (Å²) < 4.78 is 26.5. The van der Waals surface area contributed by atoms with Gasteiger partial charge < -0.3 is 5.73 Å². The smallest absolute Gasteiger partial charge is 0.289 e. The van der Waals surface area contributed by atoms with E-state index < -0.39 is 20.6 Å². The lowest BCUT2D eigenvalue weighted by Gasteiger charge is -2.08. The first-order valence-corrected chi connectivity index (χ1v) is 7.38. The third-order valence-electron chi connectivity index (χ3n) is 2.76. The summed E-state index contributed by atoms with van der Waals surface area (Å²) in [4.78, 5) is 9.97. The predicted molar refractivity (Wildman–Crippen MR) is 76.0 cm³/mol. The van der Waals surface area contributed by atoms with Crippen molar-refractivity contribution in [1.82, 2.24) is 4.72 Å². The Morgan fingerprint density at radius 1 is 1.30 bits per heavy atom. The SMILES string of the molecule is Cc1cc([N+](=O)[O-])c(S(=O)(=O)NC/C=C/CN)cc1C. The molecule has 0 bridgehead atoms. The van der Waals surface area contributed by atoms with Crippen LogP contribution in [-0.2, 0) is 10.0 Å². The Morgan fingerprint density at radius 3 is 2.45 bits per heavy atom. The van der Waals surface area contributed by atoms with Crippen molar-refractivity contribution < 1.29 is 13.3 Å². The van der Waals surface area contributed by atoms with Gasteiger partial charge in [-0.25, -0.2) is 13.1 Å². The maximum Gasteiger partial charge on any atom is 0.289 e. The van der Waals surface area contributed by atoms with Crippen LogP contribution in [0.2, 0.25) is 0 Å². The molecule has 0 aromatic heterocycles. The first-order valence-electron chi connectivity index (χ1n) is 5.90. The quantitative estimate of drug-likeness (QED) is 0.462. The van der Waals surface area contributed by atoms with E-state index in [1.54, 1.807) is 26.0 Å². The van der Waals surface area contributed by atoms with Gasteiger partial charge in [0.2, 0.25) is 10.0 Å². The van der Waals surface area contributed by atoms with E-state index in [1.807, 2.05) is 0 Å². The molecular weight excluding hydrogens is 282 g/mol. The average Bonchev–Trinajstić information content (AvgIpc) is 2.37. The maximum atomic E-state index is 12.1. The lowest BCUT2D eigenvalue weighted by Crippen LogP contribution is -2.25. The Kier molecular flexibility index (Phi) is 5.37. The van der Waals surface area contributed by atoms with E-state index in [0.29, 0.717) is 17.7 Å². The molecule has 0 unspecified atom stereocenters. The molecule has 110 valence electrons. The predicted octanol–water partition coefficient (Wildman–Crippen LogP) is 1.00. The number of aryl methyl sites for hydroxylation is 2. The Morgan fingerprint density at radius 2 is 1.90 bits per heavy atom. The standard InChI is InChI=1S/C12H17N3O4S/c1-9-7-11(15(16)17)12(8-10(9)2)20(18,19)14-6-4-3-5-13/h3-4,7-8,14H,5-6,13H2,1-2H3/b4-3+. The molecule has 0 aliphatic carbocycles. The van der Waals surface area contributed by atoms with Gasteiger partial charge in [-0.15, -0.1) is 0 Å². The second-order valence-corrected chi connectivity index (χ2v) is 5.96. The number of nitro groups is 1. The second-order valence-electron chi connectivity index (χ2n) is 4.22. The first kappa shape index (κ1) is 16.3. The summed E-state index contributed by atoms with van der Waals surface area (Å²) in [6.45, 7) is 3.72. The van der Waals surface area contributed by atoms with Crippen molar-refractivity contribution in [3.63, 3.8) is 0 Å². The number of nitrogens with zero attached hydrogens (tertiary/aromatic N) is 1. The van der Waals surface area contributed by atoms with E-state index in [0.717, 1.165) is 0 Å². The van der Waals surface area contributed by atoms with Crippen LogP contribution in [0, 0.1) is 24.0 Å². The van der Waals surface area contributed by atoms with Crippen LogP contribution in [0.5, 0.6) is 0 Å². The van der Waals surface area contributed by atoms with Crippen LogP contribution in [-0.4, -0.2) is 26.4 Å². The van der Waals surface area contributed by atoms with E-state index in [1.165, 1.54) is 12.1 Å². The third kappa shape index (κ3) is 3.86. The van der Waals surface area contributed by atoms with Crippen molar-refractivity contribution in [2.45, 2.75) is 18.7 Å². The fourth-order valence-electron chi connectivity index (χ4n) is 1.55. The minimum Gasteiger partial charge on any atom is -0.327 e. The van der Waals surface area contributed by atoms with Crippen LogP contribution in [0.15, 0.2) is 29.2 Å². The minimum absolute atomic E-state index is 0.0314. The van der Waals surface area contributed by atoms with Gasteiger partial charge in [0, 0.05) is 19.2 Å². The Hall–Kier alpha value is -1.77. The van der Waals surface area contributed by atoms with Gasteiger partial charge in [-0.2, -0.15) is 0 Å². The van der Waals surface area contributed by atoms with Crippen LogP contribution in [0.25, 0.3) is 0 Å². The van der Waals surface area contributed by atoms with Crippen molar-refractivity contribution in [2.24, 2.45) is 5.73 Å². The number of nitro benzene ring substituents is 1. The van der Waals surface area contributed by atoms with E-state index >= 15 is 0 Å². The molecule has 0 saturated heterocycles. The van der Waals surface area contributed by atoms with Gasteiger partial charge >= 0.3 is 0 Å². The van der Waals surface area contributed by atoms with Crippen LogP contribution in [0.3, 0.4) is 0 Å². The summed E-state index contributed by atoms with van der Waals surface area (Å²) in [5.41, 5.74) is 6.15. The van der Waals surface area contributed by atoms with Gasteiger partial charge in [0.1, 0.15) is 0 Å². The van der Waals surface area contributed by atoms with Gasteiger partial charge in [0.15, 0.2) is 4.90 Å². The zero-order valence-corrected chi connectivity index (χ0v) is 12.1. The molecule has 3 N–H and O–H groups in total. The van der Waals surface area contributed by atoms with Crippen molar-refractivity contribution in [3.8, 4) is 0 Å². The number of hydrogen-bond acceptors (Lipinski definition) is 5. The number of nitrogens with two attached hydrogens (primary N) is 1. The number of hydrogen-bond donors (Lipinski definition) is 2. The summed E-state index contributed by atoms with van der Waals surface area (Å²) in [6.07, 6.45) is 3.14. The fourth-order valence-corrected chi connectivity index (χ4v) is 2.76. The Balaban J connectivity index is 3.20. The molecular formula is C12H17N3O4S. The molecule has 0 radical (unpaired) electrons. The molecule has 0 saturated carbocycles. The molecule has 0 aliphatic rings. The van der Waals surface area contributed by atoms with Crippen LogP contribution in [0.4, 0.5) is 5.69 Å². The lowest BCUT2D eigenvalue weighted by atomic mass is 10.1. The summed E-state index contributed by atoms with van der Waals surface area (Å²) in [6, 6.07) is 2.57. The summed E-state index contributed by atoms with van der Waals surface area (Å²) in [5.74, 6) is 0. The van der Waals surface area contributed by atoms with Crippen LogP contribution in [0.1, 0.15) is 11.1 Å². The minimum atomic E-state index is -3.94. The molecule has 0 spiro atoms. The van der Waals surface area contributed by atoms with Gasteiger partial charge in [0.05, 0.1) is 4.92 Å². The zero-order chi connectivity index (χ0) is 15.3. The highest BCUT2D eigenvalue weighted by molar-refractivity contribution is 7.89. The first-order chi connectivity index (χ1) is 9.29. The number of rotatable bonds is 6. The molecule has 1 rings (SSSR count). The molecule has 0 heterocycles. The largest absolute Gasteiger partial charge is 0.327 e. The highest BCUT2D eigenvalue weighted by Gasteiger charge is 2.26. The molecule has 0 atom stereocenters. The monoisotopic (exact) mass is 299 g/mol. The van der Waals surface area contributed by atoms with E-state index in [9.17, 15) is 18.5 Å². The summed E-state index contributed by atoms with van der Waals surface area (Å²) in [7, 11) is -3.94. The molecule has 1 aromatic rings. The molecule has 7 nitrogen and oxygen atoms in total. The Bertz CT molecular complexity index is 638. The highest BCUT2D eigenvalue weighted by atomic mass is 32.2. The highest BCUT2D eigenvalue weighted by Crippen LogP contribution is 2.26. The summed E-state index contributed by atoms with van der Waals surface area (Å²) in [5, 5.41) is 11.0. The van der Waals surface area contributed by atoms with E-state index in [4.69, 9.17) is 5.73 Å².